The van der Waals surface area contributed by atoms with Crippen molar-refractivity contribution < 1.29 is 53.4 Å². The number of ether oxygens (including phenoxy) is 4. The van der Waals surface area contributed by atoms with Crippen LogP contribution in [0.1, 0.15) is 109 Å². The van der Waals surface area contributed by atoms with Crippen molar-refractivity contribution in [3.63, 3.8) is 0 Å². The molecule has 11 nitrogen and oxygen atoms in total. The van der Waals surface area contributed by atoms with Gasteiger partial charge in [0.2, 0.25) is 0 Å². The van der Waals surface area contributed by atoms with E-state index in [0.717, 1.165) is 18.1 Å². The first kappa shape index (κ1) is 50.2. The third kappa shape index (κ3) is 13.2. The number of carbonyl (C=O) groups excluding carboxylic acids is 3. The van der Waals surface area contributed by atoms with E-state index in [0.29, 0.717) is 37.9 Å². The van der Waals surface area contributed by atoms with Gasteiger partial charge in [0.15, 0.2) is 11.9 Å². The van der Waals surface area contributed by atoms with Crippen molar-refractivity contribution in [1.29, 1.82) is 0 Å². The number of hydrogen-bond donors (Lipinski definition) is 3. The summed E-state index contributed by atoms with van der Waals surface area (Å²) in [6.07, 6.45) is 11.0. The maximum Gasteiger partial charge on any atom is 0.508 e. The summed E-state index contributed by atoms with van der Waals surface area (Å²) >= 11 is 0. The number of rotatable bonds is 7. The molecular formula is C43H68O11. The first-order valence-electron chi connectivity index (χ1n) is 18.8. The van der Waals surface area contributed by atoms with E-state index >= 15 is 0 Å². The number of aliphatic hydroxyl groups excluding tert-OH is 1. The number of hydrogen-bond acceptors (Lipinski definition) is 10. The molecular weight excluding hydrogens is 692 g/mol. The van der Waals surface area contributed by atoms with Crippen molar-refractivity contribution in [2.75, 3.05) is 13.2 Å². The van der Waals surface area contributed by atoms with Gasteiger partial charge in [-0.25, -0.2) is 4.79 Å². The van der Waals surface area contributed by atoms with Crippen molar-refractivity contribution in [2.24, 2.45) is 22.7 Å². The first-order valence-corrected chi connectivity index (χ1v) is 18.8. The van der Waals surface area contributed by atoms with E-state index in [-0.39, 0.29) is 36.4 Å². The summed E-state index contributed by atoms with van der Waals surface area (Å²) in [6, 6.07) is 0. The number of ketones is 1. The molecule has 3 fully saturated rings. The molecule has 4 aliphatic rings. The lowest BCUT2D eigenvalue weighted by atomic mass is 9.47. The molecule has 2 bridgehead atoms. The summed E-state index contributed by atoms with van der Waals surface area (Å²) in [5, 5.41) is 27.7. The number of allylic oxidation sites excluding steroid dienone is 7. The minimum atomic E-state index is -1.24. The second kappa shape index (κ2) is 23.2. The number of esters is 1. The smallest absolute Gasteiger partial charge is 0.481 e. The molecule has 1 aliphatic heterocycles. The van der Waals surface area contributed by atoms with Crippen molar-refractivity contribution in [3.8, 4) is 0 Å². The number of carboxylic acids is 1. The van der Waals surface area contributed by atoms with Gasteiger partial charge in [-0.2, -0.15) is 0 Å². The zero-order chi connectivity index (χ0) is 42.0. The minimum absolute atomic E-state index is 0.0120. The van der Waals surface area contributed by atoms with E-state index in [1.54, 1.807) is 45.1 Å². The molecule has 0 aromatic rings. The van der Waals surface area contributed by atoms with Crippen LogP contribution < -0.4 is 0 Å². The summed E-state index contributed by atoms with van der Waals surface area (Å²) in [7, 11) is 0. The van der Waals surface area contributed by atoms with Gasteiger partial charge in [0, 0.05) is 37.7 Å². The monoisotopic (exact) mass is 760 g/mol. The number of aliphatic hydroxyl groups is 2. The Hall–Kier alpha value is -3.80. The second-order valence-electron chi connectivity index (χ2n) is 14.6. The molecule has 2 saturated carbocycles. The Kier molecular flexibility index (Phi) is 21.6. The number of carbonyl (C=O) groups is 4. The Labute approximate surface area is 323 Å². The lowest BCUT2D eigenvalue weighted by Crippen LogP contribution is -2.69. The zero-order valence-corrected chi connectivity index (χ0v) is 34.8. The molecule has 11 heteroatoms. The van der Waals surface area contributed by atoms with Crippen LogP contribution in [0.2, 0.25) is 0 Å². The SMILES string of the molecule is C=C/C=C(\C=C/C)COC(=O)OC1CC2OCC2C2CC3(O)CCC(C)=C(C(OC(C)=O)C(=O)C12C)C3(C)C.C=C/C=C/C.CC.CC(=O)O.CC(C)O. The van der Waals surface area contributed by atoms with Crippen LogP contribution in [0.25, 0.3) is 0 Å². The van der Waals surface area contributed by atoms with E-state index in [9.17, 15) is 19.5 Å². The number of aliphatic carboxylic acids is 1. The summed E-state index contributed by atoms with van der Waals surface area (Å²) in [4.78, 5) is 48.9. The molecule has 1 heterocycles. The van der Waals surface area contributed by atoms with Crippen LogP contribution in [-0.2, 0) is 33.3 Å². The molecule has 4 rings (SSSR count). The maximum atomic E-state index is 14.6. The largest absolute Gasteiger partial charge is 0.508 e. The van der Waals surface area contributed by atoms with Crippen molar-refractivity contribution in [2.45, 2.75) is 139 Å². The molecule has 3 N–H and O–H groups in total. The summed E-state index contributed by atoms with van der Waals surface area (Å²) in [5.74, 6) is -2.06. The molecule has 7 atom stereocenters. The van der Waals surface area contributed by atoms with Crippen LogP contribution in [0.15, 0.2) is 72.4 Å². The van der Waals surface area contributed by atoms with Crippen molar-refractivity contribution >= 4 is 23.9 Å². The highest BCUT2D eigenvalue weighted by atomic mass is 16.7. The lowest BCUT2D eigenvalue weighted by molar-refractivity contribution is -0.243. The molecule has 0 aromatic heterocycles. The van der Waals surface area contributed by atoms with Crippen LogP contribution in [0.3, 0.4) is 0 Å². The van der Waals surface area contributed by atoms with Crippen LogP contribution in [-0.4, -0.2) is 82.4 Å². The van der Waals surface area contributed by atoms with E-state index in [2.05, 4.69) is 13.2 Å². The molecule has 7 unspecified atom stereocenters. The van der Waals surface area contributed by atoms with Crippen molar-refractivity contribution in [3.05, 3.63) is 72.4 Å². The molecule has 0 radical (unpaired) electrons. The number of fused-ring (bicyclic) bond motifs is 5. The fraction of sp³-hybridized carbons (Fsp3) is 0.628. The Bertz CT molecular complexity index is 1390. The zero-order valence-electron chi connectivity index (χ0n) is 34.8. The number of Topliss-reactive ketones (excluding diaryl/α,β-unsaturated/α-hetero) is 1. The predicted octanol–water partition coefficient (Wildman–Crippen LogP) is 8.26. The third-order valence-electron chi connectivity index (χ3n) is 10.1. The summed E-state index contributed by atoms with van der Waals surface area (Å²) in [6.45, 7) is 28.8. The standard InChI is InChI=1S/C31H42O8.C5H8.C3H8O.C2H4O2.C2H6/c1-8-10-20(11-9-2)16-37-28(34)39-24-14-23-21(17-36-23)22-15-31(35)13-12-18(3)25(29(31,5)6)26(38-19(4)32)27(33)30(22,24)7;1-3-5-4-2;1-3(2)4;1-2(3)4;1-2/h8-11,21-24,26,35H,1,12-17H2,2-7H3;3-5H,1H2,2H3;3-4H,1-2H3;1H3,(H,3,4);1-2H3/b11-9-,20-10+;5-4+;;;. The van der Waals surface area contributed by atoms with Gasteiger partial charge in [-0.05, 0) is 77.9 Å². The van der Waals surface area contributed by atoms with Gasteiger partial charge in [-0.3, -0.25) is 14.4 Å². The van der Waals surface area contributed by atoms with Crippen LogP contribution >= 0.6 is 0 Å². The van der Waals surface area contributed by atoms with Gasteiger partial charge in [-0.15, -0.1) is 0 Å². The van der Waals surface area contributed by atoms with E-state index in [4.69, 9.17) is 34.0 Å². The third-order valence-corrected chi connectivity index (χ3v) is 10.1. The average Bonchev–Trinajstić information content (AvgIpc) is 3.06. The first-order chi connectivity index (χ1) is 25.2. The Morgan fingerprint density at radius 2 is 1.61 bits per heavy atom. The Balaban J connectivity index is 0.00000160. The Morgan fingerprint density at radius 3 is 2.04 bits per heavy atom. The van der Waals surface area contributed by atoms with E-state index in [1.807, 2.05) is 66.7 Å². The summed E-state index contributed by atoms with van der Waals surface area (Å²) in [5.41, 5.74) is -0.868. The average molecular weight is 761 g/mol. The lowest BCUT2D eigenvalue weighted by Gasteiger charge is -2.62. The minimum Gasteiger partial charge on any atom is -0.481 e. The molecule has 306 valence electrons. The molecule has 54 heavy (non-hydrogen) atoms. The van der Waals surface area contributed by atoms with Gasteiger partial charge in [0.1, 0.15) is 12.7 Å². The fourth-order valence-electron chi connectivity index (χ4n) is 7.51. The highest BCUT2D eigenvalue weighted by molar-refractivity contribution is 5.94. The highest BCUT2D eigenvalue weighted by Gasteiger charge is 2.68. The molecule has 0 amide bonds. The van der Waals surface area contributed by atoms with Gasteiger partial charge in [0.25, 0.3) is 5.97 Å². The topological polar surface area (TPSA) is 166 Å². The van der Waals surface area contributed by atoms with Crippen LogP contribution in [0.5, 0.6) is 0 Å². The van der Waals surface area contributed by atoms with Gasteiger partial charge >= 0.3 is 12.1 Å². The van der Waals surface area contributed by atoms with E-state index in [1.165, 1.54) is 6.92 Å². The summed E-state index contributed by atoms with van der Waals surface area (Å²) < 4.78 is 22.9. The van der Waals surface area contributed by atoms with Gasteiger partial charge < -0.3 is 34.3 Å². The maximum absolute atomic E-state index is 14.6. The fourth-order valence-corrected chi connectivity index (χ4v) is 7.51. The van der Waals surface area contributed by atoms with Crippen LogP contribution in [0, 0.1) is 22.7 Å². The molecule has 0 aromatic carbocycles. The quantitative estimate of drug-likeness (QED) is 0.130. The predicted molar refractivity (Wildman–Crippen MR) is 212 cm³/mol. The number of carboxylic acid groups (broad SMARTS) is 1. The highest BCUT2D eigenvalue weighted by Crippen LogP contribution is 2.61. The van der Waals surface area contributed by atoms with Crippen LogP contribution in [0.4, 0.5) is 4.79 Å². The Morgan fingerprint density at radius 1 is 1.04 bits per heavy atom. The molecule has 0 spiro atoms. The second-order valence-corrected chi connectivity index (χ2v) is 14.6. The molecule has 3 aliphatic carbocycles. The normalized spacial score (nSPS) is 29.2. The van der Waals surface area contributed by atoms with Gasteiger partial charge in [-0.1, -0.05) is 89.0 Å². The molecule has 1 saturated heterocycles. The van der Waals surface area contributed by atoms with Gasteiger partial charge in [0.05, 0.1) is 23.7 Å². The van der Waals surface area contributed by atoms with E-state index < -0.39 is 46.7 Å². The van der Waals surface area contributed by atoms with Crippen molar-refractivity contribution in [1.82, 2.24) is 0 Å².